The summed E-state index contributed by atoms with van der Waals surface area (Å²) in [6, 6.07) is 4.39. The number of amides is 4. The van der Waals surface area contributed by atoms with Gasteiger partial charge in [-0.25, -0.2) is 9.69 Å². The minimum absolute atomic E-state index is 0.0700. The van der Waals surface area contributed by atoms with Gasteiger partial charge in [-0.15, -0.1) is 0 Å². The monoisotopic (exact) mass is 381 g/mol. The number of hydrogen-bond donors (Lipinski definition) is 1. The minimum atomic E-state index is -0.611. The average Bonchev–Trinajstić information content (AvgIpc) is 2.87. The van der Waals surface area contributed by atoms with E-state index in [0.717, 1.165) is 24.2 Å². The topological polar surface area (TPSA) is 69.7 Å². The van der Waals surface area contributed by atoms with Crippen molar-refractivity contribution in [1.82, 2.24) is 15.1 Å². The van der Waals surface area contributed by atoms with Crippen LogP contribution in [0.2, 0.25) is 10.0 Å². The van der Waals surface area contributed by atoms with Crippen molar-refractivity contribution in [3.05, 3.63) is 39.5 Å². The van der Waals surface area contributed by atoms with Gasteiger partial charge in [-0.2, -0.15) is 0 Å². The summed E-state index contributed by atoms with van der Waals surface area (Å²) in [4.78, 5) is 39.5. The Bertz CT molecular complexity index is 758. The Morgan fingerprint density at radius 2 is 1.88 bits per heavy atom. The Kier molecular flexibility index (Phi) is 5.30. The number of piperidine rings is 1. The van der Waals surface area contributed by atoms with Crippen LogP contribution in [0, 0.1) is 0 Å². The van der Waals surface area contributed by atoms with Crippen LogP contribution in [-0.2, 0) is 9.59 Å². The molecule has 2 aliphatic rings. The van der Waals surface area contributed by atoms with Crippen molar-refractivity contribution in [2.75, 3.05) is 19.6 Å². The standard InChI is InChI=1S/C17H17Cl2N3O3/c18-12-6-4-5-11(15(12)19)9-13-16(24)22(17(25)20-13)10-14(23)21-7-2-1-3-8-21/h4-6,9H,1-3,7-8,10H2,(H,20,25)/b13-9-. The van der Waals surface area contributed by atoms with E-state index in [4.69, 9.17) is 23.2 Å². The molecule has 2 saturated heterocycles. The van der Waals surface area contributed by atoms with Crippen LogP contribution in [0.3, 0.4) is 0 Å². The van der Waals surface area contributed by atoms with Gasteiger partial charge in [0.05, 0.1) is 10.0 Å². The largest absolute Gasteiger partial charge is 0.341 e. The predicted molar refractivity (Wildman–Crippen MR) is 95.1 cm³/mol. The summed E-state index contributed by atoms with van der Waals surface area (Å²) in [5.41, 5.74) is 0.586. The van der Waals surface area contributed by atoms with Gasteiger partial charge in [0.2, 0.25) is 5.91 Å². The highest BCUT2D eigenvalue weighted by Crippen LogP contribution is 2.27. The highest BCUT2D eigenvalue weighted by atomic mass is 35.5. The summed E-state index contributed by atoms with van der Waals surface area (Å²) in [6.07, 6.45) is 4.45. The number of imide groups is 1. The lowest BCUT2D eigenvalue weighted by Gasteiger charge is -2.27. The van der Waals surface area contributed by atoms with Crippen LogP contribution in [0.1, 0.15) is 24.8 Å². The first kappa shape index (κ1) is 17.8. The zero-order valence-electron chi connectivity index (χ0n) is 13.4. The number of benzene rings is 1. The molecule has 8 heteroatoms. The SMILES string of the molecule is O=C(CN1C(=O)N/C(=C\c2cccc(Cl)c2Cl)C1=O)N1CCCCC1. The fourth-order valence-corrected chi connectivity index (χ4v) is 3.24. The smallest absolute Gasteiger partial charge is 0.329 e. The van der Waals surface area contributed by atoms with E-state index < -0.39 is 11.9 Å². The molecule has 0 atom stereocenters. The second kappa shape index (κ2) is 7.45. The lowest BCUT2D eigenvalue weighted by molar-refractivity contribution is -0.136. The molecule has 0 unspecified atom stereocenters. The molecule has 132 valence electrons. The second-order valence-electron chi connectivity index (χ2n) is 5.96. The molecule has 6 nitrogen and oxygen atoms in total. The fourth-order valence-electron chi connectivity index (χ4n) is 2.88. The quantitative estimate of drug-likeness (QED) is 0.646. The van der Waals surface area contributed by atoms with E-state index in [9.17, 15) is 14.4 Å². The second-order valence-corrected chi connectivity index (χ2v) is 6.75. The molecule has 0 aromatic heterocycles. The van der Waals surface area contributed by atoms with Gasteiger partial charge in [-0.3, -0.25) is 9.59 Å². The Labute approximate surface area is 155 Å². The van der Waals surface area contributed by atoms with Crippen LogP contribution in [0.15, 0.2) is 23.9 Å². The lowest BCUT2D eigenvalue weighted by Crippen LogP contribution is -2.44. The van der Waals surface area contributed by atoms with Crippen molar-refractivity contribution in [2.45, 2.75) is 19.3 Å². The molecular weight excluding hydrogens is 365 g/mol. The van der Waals surface area contributed by atoms with Crippen LogP contribution in [0.5, 0.6) is 0 Å². The minimum Gasteiger partial charge on any atom is -0.341 e. The molecule has 0 radical (unpaired) electrons. The zero-order chi connectivity index (χ0) is 18.0. The number of carbonyl (C=O) groups excluding carboxylic acids is 3. The van der Waals surface area contributed by atoms with E-state index in [1.54, 1.807) is 23.1 Å². The molecule has 2 heterocycles. The Morgan fingerprint density at radius 3 is 2.60 bits per heavy atom. The molecule has 25 heavy (non-hydrogen) atoms. The third kappa shape index (κ3) is 3.80. The predicted octanol–water partition coefficient (Wildman–Crippen LogP) is 2.90. The summed E-state index contributed by atoms with van der Waals surface area (Å²) in [5.74, 6) is -0.767. The van der Waals surface area contributed by atoms with Gasteiger partial charge >= 0.3 is 6.03 Å². The molecule has 4 amide bonds. The lowest BCUT2D eigenvalue weighted by atomic mass is 10.1. The summed E-state index contributed by atoms with van der Waals surface area (Å²) in [6.45, 7) is 1.08. The number of carbonyl (C=O) groups is 3. The molecule has 0 bridgehead atoms. The van der Waals surface area contributed by atoms with Crippen LogP contribution >= 0.6 is 23.2 Å². The van der Waals surface area contributed by atoms with E-state index in [1.807, 2.05) is 0 Å². The number of urea groups is 1. The number of nitrogens with zero attached hydrogens (tertiary/aromatic N) is 2. The van der Waals surface area contributed by atoms with Crippen molar-refractivity contribution < 1.29 is 14.4 Å². The van der Waals surface area contributed by atoms with Gasteiger partial charge in [0, 0.05) is 13.1 Å². The van der Waals surface area contributed by atoms with Crippen molar-refractivity contribution in [3.8, 4) is 0 Å². The Balaban J connectivity index is 1.74. The third-order valence-electron chi connectivity index (χ3n) is 4.25. The summed E-state index contributed by atoms with van der Waals surface area (Å²) < 4.78 is 0. The molecular formula is C17H17Cl2N3O3. The first-order valence-corrected chi connectivity index (χ1v) is 8.79. The van der Waals surface area contributed by atoms with Gasteiger partial charge in [-0.05, 0) is 37.0 Å². The summed E-state index contributed by atoms with van der Waals surface area (Å²) >= 11 is 12.1. The maximum Gasteiger partial charge on any atom is 0.329 e. The Hall–Kier alpha value is -2.05. The molecule has 0 saturated carbocycles. The Morgan fingerprint density at radius 1 is 1.16 bits per heavy atom. The molecule has 1 aromatic rings. The van der Waals surface area contributed by atoms with E-state index in [1.165, 1.54) is 6.08 Å². The molecule has 2 fully saturated rings. The zero-order valence-corrected chi connectivity index (χ0v) is 14.9. The maximum atomic E-state index is 12.5. The van der Waals surface area contributed by atoms with E-state index in [-0.39, 0.29) is 18.1 Å². The van der Waals surface area contributed by atoms with Gasteiger partial charge in [0.25, 0.3) is 5.91 Å². The molecule has 1 aromatic carbocycles. The first-order valence-electron chi connectivity index (χ1n) is 8.03. The van der Waals surface area contributed by atoms with Crippen molar-refractivity contribution >= 4 is 47.1 Å². The molecule has 1 N–H and O–H groups in total. The first-order chi connectivity index (χ1) is 12.0. The van der Waals surface area contributed by atoms with Crippen LogP contribution < -0.4 is 5.32 Å². The van der Waals surface area contributed by atoms with Gasteiger partial charge in [0.15, 0.2) is 0 Å². The third-order valence-corrected chi connectivity index (χ3v) is 5.08. The number of hydrogen-bond acceptors (Lipinski definition) is 3. The van der Waals surface area contributed by atoms with E-state index in [0.29, 0.717) is 28.7 Å². The van der Waals surface area contributed by atoms with E-state index >= 15 is 0 Å². The van der Waals surface area contributed by atoms with Crippen molar-refractivity contribution in [2.24, 2.45) is 0 Å². The van der Waals surface area contributed by atoms with Gasteiger partial charge < -0.3 is 10.2 Å². The number of likely N-dealkylation sites (tertiary alicyclic amines) is 1. The maximum absolute atomic E-state index is 12.5. The summed E-state index contributed by atoms with van der Waals surface area (Å²) in [5, 5.41) is 3.13. The number of nitrogens with one attached hydrogen (secondary N) is 1. The summed E-state index contributed by atoms with van der Waals surface area (Å²) in [7, 11) is 0. The van der Waals surface area contributed by atoms with Crippen LogP contribution in [-0.4, -0.2) is 47.3 Å². The highest BCUT2D eigenvalue weighted by molar-refractivity contribution is 6.43. The molecule has 2 aliphatic heterocycles. The molecule has 3 rings (SSSR count). The van der Waals surface area contributed by atoms with E-state index in [2.05, 4.69) is 5.32 Å². The number of rotatable bonds is 3. The normalized spacial score (nSPS) is 19.5. The van der Waals surface area contributed by atoms with Gasteiger partial charge in [0.1, 0.15) is 12.2 Å². The van der Waals surface area contributed by atoms with Crippen molar-refractivity contribution in [3.63, 3.8) is 0 Å². The molecule has 0 spiro atoms. The van der Waals surface area contributed by atoms with Crippen LogP contribution in [0.4, 0.5) is 4.79 Å². The highest BCUT2D eigenvalue weighted by Gasteiger charge is 2.36. The van der Waals surface area contributed by atoms with Gasteiger partial charge in [-0.1, -0.05) is 35.3 Å². The molecule has 0 aliphatic carbocycles. The average molecular weight is 382 g/mol. The fraction of sp³-hybridized carbons (Fsp3) is 0.353. The van der Waals surface area contributed by atoms with Crippen LogP contribution in [0.25, 0.3) is 6.08 Å². The van der Waals surface area contributed by atoms with Crippen molar-refractivity contribution in [1.29, 1.82) is 0 Å². The number of halogens is 2.